The molecule has 0 radical (unpaired) electrons. The molecule has 0 aliphatic rings. The minimum absolute atomic E-state index is 0.0824. The molecule has 33 heavy (non-hydrogen) atoms. The van der Waals surface area contributed by atoms with Gasteiger partial charge in [0.15, 0.2) is 23.0 Å². The van der Waals surface area contributed by atoms with Gasteiger partial charge >= 0.3 is 0 Å². The van der Waals surface area contributed by atoms with Gasteiger partial charge in [-0.05, 0) is 48.6 Å². The molecule has 0 saturated heterocycles. The van der Waals surface area contributed by atoms with Crippen molar-refractivity contribution in [1.82, 2.24) is 4.90 Å². The molecule has 182 valence electrons. The SMILES string of the molecule is CCCOc1ccc(CN(CCC)C(=O)CCc2ccc(OC)c(OC)c2OC)cc1OC. The molecule has 7 nitrogen and oxygen atoms in total. The lowest BCUT2D eigenvalue weighted by Crippen LogP contribution is -2.31. The van der Waals surface area contributed by atoms with Crippen LogP contribution >= 0.6 is 0 Å². The summed E-state index contributed by atoms with van der Waals surface area (Å²) in [5.41, 5.74) is 1.90. The summed E-state index contributed by atoms with van der Waals surface area (Å²) in [6, 6.07) is 9.59. The summed E-state index contributed by atoms with van der Waals surface area (Å²) in [5.74, 6) is 3.21. The van der Waals surface area contributed by atoms with E-state index >= 15 is 0 Å². The standard InChI is InChI=1S/C26H37NO6/c1-7-15-27(18-19-9-12-21(33-16-8-2)23(17-19)30-4)24(28)14-11-20-10-13-22(29-3)26(32-6)25(20)31-5/h9-10,12-13,17H,7-8,11,14-16,18H2,1-6H3. The molecule has 2 aromatic rings. The molecule has 0 atom stereocenters. The van der Waals surface area contributed by atoms with Crippen LogP contribution in [0.25, 0.3) is 0 Å². The third-order valence-electron chi connectivity index (χ3n) is 5.30. The van der Waals surface area contributed by atoms with E-state index in [1.54, 1.807) is 28.4 Å². The smallest absolute Gasteiger partial charge is 0.223 e. The molecule has 0 heterocycles. The van der Waals surface area contributed by atoms with Crippen LogP contribution in [0.5, 0.6) is 28.7 Å². The maximum atomic E-state index is 13.1. The highest BCUT2D eigenvalue weighted by atomic mass is 16.5. The first-order valence-corrected chi connectivity index (χ1v) is 11.4. The van der Waals surface area contributed by atoms with Gasteiger partial charge in [0.2, 0.25) is 11.7 Å². The second-order valence-corrected chi connectivity index (χ2v) is 7.64. The summed E-state index contributed by atoms with van der Waals surface area (Å²) < 4.78 is 27.6. The summed E-state index contributed by atoms with van der Waals surface area (Å²) in [5, 5.41) is 0. The average Bonchev–Trinajstić information content (AvgIpc) is 2.85. The Balaban J connectivity index is 2.13. The predicted molar refractivity (Wildman–Crippen MR) is 129 cm³/mol. The molecule has 2 rings (SSSR count). The van der Waals surface area contributed by atoms with Crippen LogP contribution in [0.3, 0.4) is 0 Å². The maximum Gasteiger partial charge on any atom is 0.223 e. The third kappa shape index (κ3) is 6.94. The number of nitrogens with zero attached hydrogens (tertiary/aromatic N) is 1. The van der Waals surface area contributed by atoms with E-state index in [0.29, 0.717) is 55.5 Å². The Labute approximate surface area is 197 Å². The number of hydrogen-bond donors (Lipinski definition) is 0. The quantitative estimate of drug-likeness (QED) is 0.401. The summed E-state index contributed by atoms with van der Waals surface area (Å²) in [6.45, 7) is 5.96. The van der Waals surface area contributed by atoms with Crippen LogP contribution in [0, 0.1) is 0 Å². The van der Waals surface area contributed by atoms with Gasteiger partial charge in [0.05, 0.1) is 35.0 Å². The summed E-state index contributed by atoms with van der Waals surface area (Å²) in [7, 11) is 6.38. The van der Waals surface area contributed by atoms with E-state index in [-0.39, 0.29) is 5.91 Å². The van der Waals surface area contributed by atoms with Crippen LogP contribution in [-0.2, 0) is 17.8 Å². The van der Waals surface area contributed by atoms with Crippen molar-refractivity contribution in [3.8, 4) is 28.7 Å². The van der Waals surface area contributed by atoms with Crippen LogP contribution < -0.4 is 23.7 Å². The molecule has 0 aromatic heterocycles. The van der Waals surface area contributed by atoms with Gasteiger partial charge < -0.3 is 28.6 Å². The minimum Gasteiger partial charge on any atom is -0.493 e. The van der Waals surface area contributed by atoms with Crippen LogP contribution in [0.2, 0.25) is 0 Å². The molecule has 0 bridgehead atoms. The zero-order valence-electron chi connectivity index (χ0n) is 20.7. The fourth-order valence-electron chi connectivity index (χ4n) is 3.68. The van der Waals surface area contributed by atoms with Gasteiger partial charge in [0, 0.05) is 19.5 Å². The monoisotopic (exact) mass is 459 g/mol. The lowest BCUT2D eigenvalue weighted by molar-refractivity contribution is -0.131. The second kappa shape index (κ2) is 13.5. The van der Waals surface area contributed by atoms with Gasteiger partial charge in [0.25, 0.3) is 0 Å². The Kier molecular flexibility index (Phi) is 10.7. The number of aryl methyl sites for hydroxylation is 1. The van der Waals surface area contributed by atoms with Crippen molar-refractivity contribution >= 4 is 5.91 Å². The first-order valence-electron chi connectivity index (χ1n) is 11.4. The predicted octanol–water partition coefficient (Wildman–Crippen LogP) is 4.88. The van der Waals surface area contributed by atoms with E-state index in [0.717, 1.165) is 29.7 Å². The van der Waals surface area contributed by atoms with Gasteiger partial charge in [-0.1, -0.05) is 26.0 Å². The lowest BCUT2D eigenvalue weighted by atomic mass is 10.1. The molecule has 7 heteroatoms. The van der Waals surface area contributed by atoms with Gasteiger partial charge in [-0.15, -0.1) is 0 Å². The van der Waals surface area contributed by atoms with E-state index in [4.69, 9.17) is 23.7 Å². The van der Waals surface area contributed by atoms with Crippen LogP contribution in [0.1, 0.15) is 44.2 Å². The van der Waals surface area contributed by atoms with Crippen molar-refractivity contribution in [3.05, 3.63) is 41.5 Å². The lowest BCUT2D eigenvalue weighted by Gasteiger charge is -2.23. The van der Waals surface area contributed by atoms with Crippen molar-refractivity contribution in [1.29, 1.82) is 0 Å². The Hall–Kier alpha value is -3.09. The Morgan fingerprint density at radius 1 is 0.818 bits per heavy atom. The van der Waals surface area contributed by atoms with Gasteiger partial charge in [-0.25, -0.2) is 0 Å². The first-order chi connectivity index (χ1) is 16.0. The zero-order chi connectivity index (χ0) is 24.2. The van der Waals surface area contributed by atoms with Crippen LogP contribution in [-0.4, -0.2) is 52.4 Å². The highest BCUT2D eigenvalue weighted by Gasteiger charge is 2.19. The van der Waals surface area contributed by atoms with E-state index < -0.39 is 0 Å². The molecule has 1 amide bonds. The van der Waals surface area contributed by atoms with E-state index in [2.05, 4.69) is 13.8 Å². The van der Waals surface area contributed by atoms with E-state index in [9.17, 15) is 4.79 Å². The highest BCUT2D eigenvalue weighted by Crippen LogP contribution is 2.40. The second-order valence-electron chi connectivity index (χ2n) is 7.64. The van der Waals surface area contributed by atoms with E-state index in [1.165, 1.54) is 0 Å². The number of carbonyl (C=O) groups excluding carboxylic acids is 1. The number of ether oxygens (including phenoxy) is 5. The van der Waals surface area contributed by atoms with Gasteiger partial charge in [-0.3, -0.25) is 4.79 Å². The van der Waals surface area contributed by atoms with Crippen molar-refractivity contribution in [2.24, 2.45) is 0 Å². The van der Waals surface area contributed by atoms with Crippen LogP contribution in [0.4, 0.5) is 0 Å². The largest absolute Gasteiger partial charge is 0.493 e. The zero-order valence-corrected chi connectivity index (χ0v) is 20.7. The highest BCUT2D eigenvalue weighted by molar-refractivity contribution is 5.76. The fourth-order valence-corrected chi connectivity index (χ4v) is 3.68. The van der Waals surface area contributed by atoms with Crippen molar-refractivity contribution < 1.29 is 28.5 Å². The molecular weight excluding hydrogens is 422 g/mol. The Morgan fingerprint density at radius 3 is 2.12 bits per heavy atom. The summed E-state index contributed by atoms with van der Waals surface area (Å²) in [4.78, 5) is 15.0. The number of hydrogen-bond acceptors (Lipinski definition) is 6. The molecule has 0 spiro atoms. The Morgan fingerprint density at radius 2 is 1.52 bits per heavy atom. The maximum absolute atomic E-state index is 13.1. The molecule has 0 N–H and O–H groups in total. The molecule has 0 aliphatic carbocycles. The number of benzene rings is 2. The fraction of sp³-hybridized carbons (Fsp3) is 0.500. The third-order valence-corrected chi connectivity index (χ3v) is 5.30. The Bertz CT molecular complexity index is 899. The van der Waals surface area contributed by atoms with Crippen molar-refractivity contribution in [2.45, 2.75) is 46.1 Å². The molecular formula is C26H37NO6. The van der Waals surface area contributed by atoms with Gasteiger partial charge in [0.1, 0.15) is 0 Å². The van der Waals surface area contributed by atoms with E-state index in [1.807, 2.05) is 35.2 Å². The number of amides is 1. The summed E-state index contributed by atoms with van der Waals surface area (Å²) >= 11 is 0. The number of carbonyl (C=O) groups is 1. The molecule has 0 aliphatic heterocycles. The summed E-state index contributed by atoms with van der Waals surface area (Å²) in [6.07, 6.45) is 2.70. The minimum atomic E-state index is 0.0824. The molecule has 0 fully saturated rings. The molecule has 2 aromatic carbocycles. The normalized spacial score (nSPS) is 10.5. The number of methoxy groups -OCH3 is 4. The van der Waals surface area contributed by atoms with Crippen molar-refractivity contribution in [2.75, 3.05) is 41.6 Å². The first kappa shape index (κ1) is 26.2. The molecule has 0 unspecified atom stereocenters. The topological polar surface area (TPSA) is 66.5 Å². The number of rotatable bonds is 14. The van der Waals surface area contributed by atoms with Crippen molar-refractivity contribution in [3.63, 3.8) is 0 Å². The van der Waals surface area contributed by atoms with Gasteiger partial charge in [-0.2, -0.15) is 0 Å². The average molecular weight is 460 g/mol. The molecule has 0 saturated carbocycles. The van der Waals surface area contributed by atoms with Crippen LogP contribution in [0.15, 0.2) is 30.3 Å².